The van der Waals surface area contributed by atoms with Crippen LogP contribution in [0, 0.1) is 0 Å². The first-order chi connectivity index (χ1) is 14.7. The lowest BCUT2D eigenvalue weighted by Gasteiger charge is -2.37. The van der Waals surface area contributed by atoms with Gasteiger partial charge >= 0.3 is 0 Å². The lowest BCUT2D eigenvalue weighted by molar-refractivity contribution is 0.369. The maximum atomic E-state index is 10.1. The van der Waals surface area contributed by atoms with Gasteiger partial charge in [-0.05, 0) is 44.5 Å². The molecule has 1 aliphatic heterocycles. The van der Waals surface area contributed by atoms with Crippen LogP contribution in [0.15, 0.2) is 47.6 Å². The molecule has 31 heavy (non-hydrogen) atoms. The summed E-state index contributed by atoms with van der Waals surface area (Å²) < 4.78 is 0. The fraction of sp³-hybridized carbons (Fsp3) is 0.478. The Morgan fingerprint density at radius 2 is 1.77 bits per heavy atom. The number of aromatic nitrogens is 1. The van der Waals surface area contributed by atoms with E-state index >= 15 is 0 Å². The predicted molar refractivity (Wildman–Crippen MR) is 140 cm³/mol. The van der Waals surface area contributed by atoms with Crippen molar-refractivity contribution >= 4 is 41.4 Å². The minimum atomic E-state index is 0. The van der Waals surface area contributed by atoms with Gasteiger partial charge in [0.05, 0.1) is 12.2 Å². The molecular weight excluding hydrogens is 503 g/mol. The number of phenolic OH excluding ortho intramolecular Hbond substituents is 1. The van der Waals surface area contributed by atoms with Gasteiger partial charge in [-0.1, -0.05) is 18.2 Å². The number of pyridine rings is 1. The summed E-state index contributed by atoms with van der Waals surface area (Å²) in [5, 5.41) is 13.5. The van der Waals surface area contributed by atoms with Crippen molar-refractivity contribution < 1.29 is 5.11 Å². The third kappa shape index (κ3) is 6.62. The summed E-state index contributed by atoms with van der Waals surface area (Å²) in [4.78, 5) is 16.2. The second kappa shape index (κ2) is 12.6. The highest BCUT2D eigenvalue weighted by Crippen LogP contribution is 2.27. The van der Waals surface area contributed by atoms with Crippen molar-refractivity contribution in [1.29, 1.82) is 0 Å². The molecule has 0 bridgehead atoms. The van der Waals surface area contributed by atoms with Crippen molar-refractivity contribution in [3.05, 3.63) is 48.2 Å². The number of aromatic hydroxyl groups is 1. The monoisotopic (exact) mass is 538 g/mol. The molecule has 0 radical (unpaired) electrons. The van der Waals surface area contributed by atoms with Crippen LogP contribution in [0.4, 0.5) is 11.5 Å². The molecule has 1 aromatic heterocycles. The van der Waals surface area contributed by atoms with E-state index in [1.165, 1.54) is 0 Å². The highest BCUT2D eigenvalue weighted by atomic mass is 127. The molecular formula is C23H35IN6O. The molecule has 2 aromatic rings. The van der Waals surface area contributed by atoms with Crippen molar-refractivity contribution in [1.82, 2.24) is 15.2 Å². The summed E-state index contributed by atoms with van der Waals surface area (Å²) in [6.07, 6.45) is 1.93. The van der Waals surface area contributed by atoms with Crippen molar-refractivity contribution in [3.8, 4) is 5.75 Å². The van der Waals surface area contributed by atoms with E-state index in [1.807, 2.05) is 24.4 Å². The largest absolute Gasteiger partial charge is 0.506 e. The van der Waals surface area contributed by atoms with E-state index in [0.717, 1.165) is 68.8 Å². The van der Waals surface area contributed by atoms with Gasteiger partial charge in [0.25, 0.3) is 0 Å². The average molecular weight is 538 g/mol. The van der Waals surface area contributed by atoms with Gasteiger partial charge in [0.15, 0.2) is 5.96 Å². The smallest absolute Gasteiger partial charge is 0.194 e. The molecule has 1 saturated heterocycles. The van der Waals surface area contributed by atoms with Crippen LogP contribution in [0.3, 0.4) is 0 Å². The highest BCUT2D eigenvalue weighted by Gasteiger charge is 2.21. The molecule has 1 fully saturated rings. The Morgan fingerprint density at radius 3 is 2.35 bits per heavy atom. The van der Waals surface area contributed by atoms with Crippen molar-refractivity contribution in [2.45, 2.75) is 27.3 Å². The number of piperazine rings is 1. The van der Waals surface area contributed by atoms with Crippen LogP contribution in [0.2, 0.25) is 0 Å². The summed E-state index contributed by atoms with van der Waals surface area (Å²) >= 11 is 0. The minimum absolute atomic E-state index is 0. The second-order valence-electron chi connectivity index (χ2n) is 7.33. The zero-order valence-electron chi connectivity index (χ0n) is 18.8. The Hall–Kier alpha value is -2.23. The quantitative estimate of drug-likeness (QED) is 0.320. The van der Waals surface area contributed by atoms with E-state index in [0.29, 0.717) is 12.3 Å². The summed E-state index contributed by atoms with van der Waals surface area (Å²) in [5.74, 6) is 2.29. The molecule has 8 heteroatoms. The Morgan fingerprint density at radius 1 is 1.06 bits per heavy atom. The normalized spacial score (nSPS) is 14.2. The molecule has 7 nitrogen and oxygen atoms in total. The van der Waals surface area contributed by atoms with Gasteiger partial charge in [-0.2, -0.15) is 0 Å². The van der Waals surface area contributed by atoms with Crippen LogP contribution >= 0.6 is 24.0 Å². The van der Waals surface area contributed by atoms with Crippen molar-refractivity contribution in [2.24, 2.45) is 4.99 Å². The number of nitrogens with one attached hydrogen (secondary N) is 1. The van der Waals surface area contributed by atoms with E-state index < -0.39 is 0 Å². The maximum absolute atomic E-state index is 10.1. The molecule has 0 spiro atoms. The number of aliphatic imine (C=N–C) groups is 1. The van der Waals surface area contributed by atoms with Gasteiger partial charge in [0.1, 0.15) is 11.6 Å². The fourth-order valence-electron chi connectivity index (χ4n) is 3.73. The molecule has 1 aromatic carbocycles. The SMILES string of the molecule is CCNC(=NCc1ccc(N(CC)CC)nc1)N1CCN(c2ccccc2O)CC1.I. The molecule has 3 rings (SSSR count). The predicted octanol–water partition coefficient (Wildman–Crippen LogP) is 3.54. The van der Waals surface area contributed by atoms with Crippen LogP contribution < -0.4 is 15.1 Å². The van der Waals surface area contributed by atoms with Gasteiger partial charge in [0.2, 0.25) is 0 Å². The van der Waals surface area contributed by atoms with Gasteiger partial charge in [-0.15, -0.1) is 24.0 Å². The molecule has 1 aliphatic rings. The molecule has 0 aliphatic carbocycles. The summed E-state index contributed by atoms with van der Waals surface area (Å²) in [6, 6.07) is 11.7. The Bertz CT molecular complexity index is 817. The topological polar surface area (TPSA) is 67.2 Å². The lowest BCUT2D eigenvalue weighted by atomic mass is 10.2. The van der Waals surface area contributed by atoms with E-state index in [9.17, 15) is 5.11 Å². The number of benzene rings is 1. The third-order valence-corrected chi connectivity index (χ3v) is 5.44. The van der Waals surface area contributed by atoms with Gasteiger partial charge in [0, 0.05) is 52.0 Å². The van der Waals surface area contributed by atoms with Crippen LogP contribution in [0.25, 0.3) is 0 Å². The van der Waals surface area contributed by atoms with Crippen molar-refractivity contribution in [3.63, 3.8) is 0 Å². The van der Waals surface area contributed by atoms with Crippen LogP contribution in [0.5, 0.6) is 5.75 Å². The fourth-order valence-corrected chi connectivity index (χ4v) is 3.73. The first kappa shape index (κ1) is 25.0. The summed E-state index contributed by atoms with van der Waals surface area (Å²) in [7, 11) is 0. The van der Waals surface area contributed by atoms with Crippen molar-refractivity contribution in [2.75, 3.05) is 55.6 Å². The second-order valence-corrected chi connectivity index (χ2v) is 7.33. The van der Waals surface area contributed by atoms with Crippen LogP contribution in [-0.4, -0.2) is 66.8 Å². The number of para-hydroxylation sites is 2. The number of hydrogen-bond donors (Lipinski definition) is 2. The highest BCUT2D eigenvalue weighted by molar-refractivity contribution is 14.0. The molecule has 0 unspecified atom stereocenters. The zero-order chi connectivity index (χ0) is 21.3. The Kier molecular flexibility index (Phi) is 10.2. The molecule has 0 saturated carbocycles. The van der Waals surface area contributed by atoms with Gasteiger partial charge < -0.3 is 25.1 Å². The van der Waals surface area contributed by atoms with Crippen LogP contribution in [-0.2, 0) is 6.54 Å². The summed E-state index contributed by atoms with van der Waals surface area (Å²) in [5.41, 5.74) is 2.01. The maximum Gasteiger partial charge on any atom is 0.194 e. The number of anilines is 2. The van der Waals surface area contributed by atoms with Gasteiger partial charge in [-0.25, -0.2) is 9.98 Å². The summed E-state index contributed by atoms with van der Waals surface area (Å²) in [6.45, 7) is 13.1. The lowest BCUT2D eigenvalue weighted by Crippen LogP contribution is -2.52. The average Bonchev–Trinajstić information content (AvgIpc) is 2.79. The van der Waals surface area contributed by atoms with E-state index in [4.69, 9.17) is 4.99 Å². The number of guanidine groups is 1. The van der Waals surface area contributed by atoms with E-state index in [-0.39, 0.29) is 24.0 Å². The number of rotatable bonds is 7. The molecule has 0 atom stereocenters. The standard InChI is InChI=1S/C23H34N6O.HI/c1-4-24-23(26-18-19-11-12-22(25-17-19)27(5-2)6-3)29-15-13-28(14-16-29)20-9-7-8-10-21(20)30;/h7-12,17,30H,4-6,13-16,18H2,1-3H3,(H,24,26);1H. The molecule has 2 heterocycles. The minimum Gasteiger partial charge on any atom is -0.506 e. The number of hydrogen-bond acceptors (Lipinski definition) is 5. The zero-order valence-corrected chi connectivity index (χ0v) is 21.1. The van der Waals surface area contributed by atoms with E-state index in [1.54, 1.807) is 6.07 Å². The number of halogens is 1. The Labute approximate surface area is 203 Å². The molecule has 170 valence electrons. The molecule has 0 amide bonds. The first-order valence-corrected chi connectivity index (χ1v) is 10.9. The molecule has 2 N–H and O–H groups in total. The first-order valence-electron chi connectivity index (χ1n) is 10.9. The van der Waals surface area contributed by atoms with E-state index in [2.05, 4.69) is 57.9 Å². The number of phenols is 1. The van der Waals surface area contributed by atoms with Gasteiger partial charge in [-0.3, -0.25) is 0 Å². The number of nitrogens with zero attached hydrogens (tertiary/aromatic N) is 5. The van der Waals surface area contributed by atoms with Crippen LogP contribution in [0.1, 0.15) is 26.3 Å². The third-order valence-electron chi connectivity index (χ3n) is 5.44. The Balaban J connectivity index is 0.00000341.